The summed E-state index contributed by atoms with van der Waals surface area (Å²) >= 11 is 6.08. The highest BCUT2D eigenvalue weighted by molar-refractivity contribution is 6.32. The highest BCUT2D eigenvalue weighted by atomic mass is 35.5. The van der Waals surface area contributed by atoms with Crippen LogP contribution in [-0.4, -0.2) is 20.1 Å². The van der Waals surface area contributed by atoms with Gasteiger partial charge in [-0.15, -0.1) is 0 Å². The first-order valence-electron chi connectivity index (χ1n) is 8.36. The molecule has 2 aromatic carbocycles. The molecule has 0 atom stereocenters. The average molecular weight is 362 g/mol. The molecule has 25 heavy (non-hydrogen) atoms. The van der Waals surface area contributed by atoms with Crippen LogP contribution in [0.25, 0.3) is 0 Å². The molecule has 134 valence electrons. The minimum Gasteiger partial charge on any atom is -0.495 e. The third-order valence-electron chi connectivity index (χ3n) is 3.95. The second-order valence-corrected chi connectivity index (χ2v) is 6.24. The van der Waals surface area contributed by atoms with E-state index in [1.54, 1.807) is 12.1 Å². The van der Waals surface area contributed by atoms with Gasteiger partial charge < -0.3 is 14.8 Å². The standard InChI is InChI=1S/C20H24ClNO3/c1-4-5-6-14-7-9-15(10-8-14)11-20(23)22-17-13-18(24-2)16(21)12-19(17)25-3/h7-10,12-13H,4-6,11H2,1-3H3,(H,22,23). The van der Waals surface area contributed by atoms with Crippen LogP contribution in [0.1, 0.15) is 30.9 Å². The molecule has 0 aromatic heterocycles. The molecule has 0 radical (unpaired) electrons. The van der Waals surface area contributed by atoms with Crippen molar-refractivity contribution in [2.75, 3.05) is 19.5 Å². The van der Waals surface area contributed by atoms with Crippen LogP contribution in [-0.2, 0) is 17.6 Å². The van der Waals surface area contributed by atoms with Crippen LogP contribution in [0.4, 0.5) is 5.69 Å². The number of hydrogen-bond donors (Lipinski definition) is 1. The topological polar surface area (TPSA) is 47.6 Å². The van der Waals surface area contributed by atoms with Crippen LogP contribution >= 0.6 is 11.6 Å². The molecule has 2 aromatic rings. The number of anilines is 1. The number of carbonyl (C=O) groups is 1. The lowest BCUT2D eigenvalue weighted by molar-refractivity contribution is -0.115. The van der Waals surface area contributed by atoms with Gasteiger partial charge in [0.25, 0.3) is 0 Å². The first-order chi connectivity index (χ1) is 12.1. The number of benzene rings is 2. The molecule has 0 aliphatic heterocycles. The van der Waals surface area contributed by atoms with Crippen molar-refractivity contribution in [1.82, 2.24) is 0 Å². The molecule has 1 N–H and O–H groups in total. The van der Waals surface area contributed by atoms with Crippen LogP contribution in [0.15, 0.2) is 36.4 Å². The normalized spacial score (nSPS) is 10.4. The van der Waals surface area contributed by atoms with E-state index in [2.05, 4.69) is 24.4 Å². The fourth-order valence-corrected chi connectivity index (χ4v) is 2.77. The minimum absolute atomic E-state index is 0.121. The Hall–Kier alpha value is -2.20. The van der Waals surface area contributed by atoms with E-state index in [4.69, 9.17) is 21.1 Å². The van der Waals surface area contributed by atoms with Gasteiger partial charge in [-0.25, -0.2) is 0 Å². The molecule has 0 unspecified atom stereocenters. The summed E-state index contributed by atoms with van der Waals surface area (Å²) in [5.41, 5.74) is 2.81. The summed E-state index contributed by atoms with van der Waals surface area (Å²) in [7, 11) is 3.06. The SMILES string of the molecule is CCCCc1ccc(CC(=O)Nc2cc(OC)c(Cl)cc2OC)cc1. The van der Waals surface area contributed by atoms with Gasteiger partial charge in [-0.2, -0.15) is 0 Å². The number of unbranched alkanes of at least 4 members (excludes halogenated alkanes) is 1. The first kappa shape index (κ1) is 19.1. The molecule has 0 aliphatic carbocycles. The Morgan fingerprint density at radius 2 is 1.68 bits per heavy atom. The van der Waals surface area contributed by atoms with Crippen molar-refractivity contribution in [2.45, 2.75) is 32.6 Å². The first-order valence-corrected chi connectivity index (χ1v) is 8.74. The zero-order chi connectivity index (χ0) is 18.2. The summed E-state index contributed by atoms with van der Waals surface area (Å²) < 4.78 is 10.5. The highest BCUT2D eigenvalue weighted by Crippen LogP contribution is 2.35. The Morgan fingerprint density at radius 1 is 1.04 bits per heavy atom. The molecule has 1 amide bonds. The lowest BCUT2D eigenvalue weighted by atomic mass is 10.0. The molecule has 5 heteroatoms. The van der Waals surface area contributed by atoms with Gasteiger partial charge in [-0.3, -0.25) is 4.79 Å². The number of rotatable bonds is 8. The summed E-state index contributed by atoms with van der Waals surface area (Å²) in [5.74, 6) is 0.857. The van der Waals surface area contributed by atoms with E-state index >= 15 is 0 Å². The van der Waals surface area contributed by atoms with E-state index in [9.17, 15) is 4.79 Å². The Balaban J connectivity index is 2.04. The summed E-state index contributed by atoms with van der Waals surface area (Å²) in [6.07, 6.45) is 3.72. The Bertz CT molecular complexity index is 714. The average Bonchev–Trinajstić information content (AvgIpc) is 2.62. The van der Waals surface area contributed by atoms with Crippen molar-refractivity contribution in [2.24, 2.45) is 0 Å². The van der Waals surface area contributed by atoms with Crippen molar-refractivity contribution in [3.05, 3.63) is 52.5 Å². The van der Waals surface area contributed by atoms with Crippen molar-refractivity contribution < 1.29 is 14.3 Å². The molecule has 0 saturated carbocycles. The lowest BCUT2D eigenvalue weighted by Gasteiger charge is -2.13. The van der Waals surface area contributed by atoms with Crippen LogP contribution in [0.5, 0.6) is 11.5 Å². The van der Waals surface area contributed by atoms with Crippen molar-refractivity contribution in [3.8, 4) is 11.5 Å². The molecule has 0 heterocycles. The predicted molar refractivity (Wildman–Crippen MR) is 102 cm³/mol. The third-order valence-corrected chi connectivity index (χ3v) is 4.25. The number of halogens is 1. The summed E-state index contributed by atoms with van der Waals surface area (Å²) in [6, 6.07) is 11.5. The number of methoxy groups -OCH3 is 2. The Morgan fingerprint density at radius 3 is 2.28 bits per heavy atom. The zero-order valence-corrected chi connectivity index (χ0v) is 15.7. The number of amides is 1. The quantitative estimate of drug-likeness (QED) is 0.728. The van der Waals surface area contributed by atoms with Gasteiger partial charge in [0.2, 0.25) is 5.91 Å². The van der Waals surface area contributed by atoms with Gasteiger partial charge >= 0.3 is 0 Å². The number of nitrogens with one attached hydrogen (secondary N) is 1. The monoisotopic (exact) mass is 361 g/mol. The summed E-state index contributed by atoms with van der Waals surface area (Å²) in [5, 5.41) is 3.29. The molecular weight excluding hydrogens is 338 g/mol. The summed E-state index contributed by atoms with van der Waals surface area (Å²) in [6.45, 7) is 2.18. The van der Waals surface area contributed by atoms with Crippen molar-refractivity contribution in [3.63, 3.8) is 0 Å². The number of hydrogen-bond acceptors (Lipinski definition) is 3. The van der Waals surface area contributed by atoms with E-state index in [1.807, 2.05) is 12.1 Å². The van der Waals surface area contributed by atoms with E-state index in [0.717, 1.165) is 12.0 Å². The number of aryl methyl sites for hydroxylation is 1. The molecular formula is C20H24ClNO3. The van der Waals surface area contributed by atoms with Gasteiger partial charge in [0.05, 0.1) is 31.4 Å². The Kier molecular flexibility index (Phi) is 7.14. The molecule has 0 spiro atoms. The highest BCUT2D eigenvalue weighted by Gasteiger charge is 2.13. The molecule has 0 saturated heterocycles. The van der Waals surface area contributed by atoms with Crippen molar-refractivity contribution in [1.29, 1.82) is 0 Å². The second kappa shape index (κ2) is 9.33. The molecule has 4 nitrogen and oxygen atoms in total. The van der Waals surface area contributed by atoms with Gasteiger partial charge in [0.15, 0.2) is 0 Å². The molecule has 0 fully saturated rings. The van der Waals surface area contributed by atoms with Crippen molar-refractivity contribution >= 4 is 23.2 Å². The van der Waals surface area contributed by atoms with Gasteiger partial charge in [-0.05, 0) is 24.0 Å². The number of carbonyl (C=O) groups excluding carboxylic acids is 1. The smallest absolute Gasteiger partial charge is 0.228 e. The zero-order valence-electron chi connectivity index (χ0n) is 14.9. The van der Waals surface area contributed by atoms with E-state index in [-0.39, 0.29) is 5.91 Å². The predicted octanol–water partition coefficient (Wildman–Crippen LogP) is 4.88. The number of ether oxygens (including phenoxy) is 2. The second-order valence-electron chi connectivity index (χ2n) is 5.83. The van der Waals surface area contributed by atoms with Gasteiger partial charge in [0, 0.05) is 12.1 Å². The fourth-order valence-electron chi connectivity index (χ4n) is 2.54. The van der Waals surface area contributed by atoms with Crippen LogP contribution < -0.4 is 14.8 Å². The van der Waals surface area contributed by atoms with Crippen LogP contribution in [0.3, 0.4) is 0 Å². The lowest BCUT2D eigenvalue weighted by Crippen LogP contribution is -2.15. The van der Waals surface area contributed by atoms with E-state index in [0.29, 0.717) is 28.6 Å². The largest absolute Gasteiger partial charge is 0.495 e. The fraction of sp³-hybridized carbons (Fsp3) is 0.350. The van der Waals surface area contributed by atoms with Crippen LogP contribution in [0.2, 0.25) is 5.02 Å². The van der Waals surface area contributed by atoms with Crippen LogP contribution in [0, 0.1) is 0 Å². The maximum Gasteiger partial charge on any atom is 0.228 e. The van der Waals surface area contributed by atoms with E-state index in [1.165, 1.54) is 32.6 Å². The molecule has 2 rings (SSSR count). The maximum atomic E-state index is 12.4. The van der Waals surface area contributed by atoms with E-state index < -0.39 is 0 Å². The third kappa shape index (κ3) is 5.40. The Labute approximate surface area is 154 Å². The molecule has 0 aliphatic rings. The van der Waals surface area contributed by atoms with Gasteiger partial charge in [0.1, 0.15) is 11.5 Å². The maximum absolute atomic E-state index is 12.4. The van der Waals surface area contributed by atoms with Gasteiger partial charge in [-0.1, -0.05) is 49.2 Å². The summed E-state index contributed by atoms with van der Waals surface area (Å²) in [4.78, 5) is 12.4. The molecule has 0 bridgehead atoms. The minimum atomic E-state index is -0.121.